The van der Waals surface area contributed by atoms with Crippen LogP contribution < -0.4 is 14.8 Å². The number of hydrogen-bond acceptors (Lipinski definition) is 9. The summed E-state index contributed by atoms with van der Waals surface area (Å²) < 4.78 is 16.0. The molecule has 2 amide bonds. The zero-order chi connectivity index (χ0) is 34.8. The summed E-state index contributed by atoms with van der Waals surface area (Å²) in [5.74, 6) is 4.34. The van der Waals surface area contributed by atoms with Gasteiger partial charge in [-0.3, -0.25) is 9.52 Å². The highest BCUT2D eigenvalue weighted by Crippen LogP contribution is 2.50. The number of amides is 2. The molecule has 49 heavy (non-hydrogen) atoms. The highest BCUT2D eigenvalue weighted by atomic mass is 35.5. The Labute approximate surface area is 298 Å². The topological polar surface area (TPSA) is 124 Å². The average Bonchev–Trinajstić information content (AvgIpc) is 3.98. The second-order valence-corrected chi connectivity index (χ2v) is 16.4. The van der Waals surface area contributed by atoms with Gasteiger partial charge in [0.1, 0.15) is 21.6 Å². The van der Waals surface area contributed by atoms with Gasteiger partial charge in [0, 0.05) is 42.8 Å². The van der Waals surface area contributed by atoms with E-state index in [2.05, 4.69) is 39.0 Å². The van der Waals surface area contributed by atoms with E-state index in [9.17, 15) is 9.59 Å². The van der Waals surface area contributed by atoms with Crippen molar-refractivity contribution < 1.29 is 19.1 Å². The monoisotopic (exact) mass is 709 g/mol. The molecule has 3 aliphatic rings. The first-order chi connectivity index (χ1) is 23.3. The van der Waals surface area contributed by atoms with Crippen LogP contribution in [0.25, 0.3) is 5.82 Å². The standard InChI is InChI=1S/C36H48ClN7O4S/c1-35(2,3)48-34(46)43-22-23(21-36(43,4)5)15-18-38-28-7-6-8-31(39-28)49-42-33(45)27-13-14-29(40-32(27)37)44-19-16-30(41-44)47-20-17-26(24-9-10-24)25-11-12-25/h6-8,13-14,16,19,23-26H,9-12,15,17-18,20-22H2,1-5H3,(H,38,39)(H,42,45). The molecule has 1 unspecified atom stereocenters. The zero-order valence-electron chi connectivity index (χ0n) is 29.1. The van der Waals surface area contributed by atoms with Crippen molar-refractivity contribution >= 4 is 41.4 Å². The molecule has 0 radical (unpaired) electrons. The number of pyridine rings is 2. The van der Waals surface area contributed by atoms with Crippen LogP contribution in [0.15, 0.2) is 47.6 Å². The summed E-state index contributed by atoms with van der Waals surface area (Å²) in [6.45, 7) is 11.9. The second kappa shape index (κ2) is 14.8. The molecule has 264 valence electrons. The molecule has 1 aliphatic heterocycles. The number of nitrogens with zero attached hydrogens (tertiary/aromatic N) is 5. The predicted octanol–water partition coefficient (Wildman–Crippen LogP) is 7.80. The molecule has 11 nitrogen and oxygen atoms in total. The van der Waals surface area contributed by atoms with Crippen LogP contribution in [-0.2, 0) is 4.74 Å². The van der Waals surface area contributed by atoms with Gasteiger partial charge in [-0.25, -0.2) is 19.4 Å². The largest absolute Gasteiger partial charge is 0.477 e. The third kappa shape index (κ3) is 9.60. The van der Waals surface area contributed by atoms with E-state index in [1.807, 2.05) is 49.9 Å². The molecule has 2 saturated carbocycles. The Balaban J connectivity index is 0.949. The molecular formula is C36H48ClN7O4S. The summed E-state index contributed by atoms with van der Waals surface area (Å²) in [7, 11) is 0. The van der Waals surface area contributed by atoms with Crippen molar-refractivity contribution in [2.45, 2.75) is 95.7 Å². The molecule has 3 aromatic heterocycles. The highest BCUT2D eigenvalue weighted by molar-refractivity contribution is 7.97. The van der Waals surface area contributed by atoms with E-state index in [1.54, 1.807) is 23.0 Å². The van der Waals surface area contributed by atoms with Crippen molar-refractivity contribution in [3.63, 3.8) is 0 Å². The number of anilines is 1. The van der Waals surface area contributed by atoms with Crippen LogP contribution in [0.4, 0.5) is 10.6 Å². The van der Waals surface area contributed by atoms with Crippen LogP contribution in [-0.4, -0.2) is 67.5 Å². The molecule has 3 fully saturated rings. The molecule has 2 aliphatic carbocycles. The van der Waals surface area contributed by atoms with Crippen molar-refractivity contribution in [1.82, 2.24) is 29.4 Å². The normalized spacial score (nSPS) is 18.8. The lowest BCUT2D eigenvalue weighted by Gasteiger charge is -2.33. The van der Waals surface area contributed by atoms with Crippen LogP contribution in [0.5, 0.6) is 5.88 Å². The fourth-order valence-corrected chi connectivity index (χ4v) is 7.62. The van der Waals surface area contributed by atoms with Gasteiger partial charge >= 0.3 is 6.09 Å². The lowest BCUT2D eigenvalue weighted by molar-refractivity contribution is 0.0131. The van der Waals surface area contributed by atoms with E-state index in [1.165, 1.54) is 25.7 Å². The van der Waals surface area contributed by atoms with E-state index in [0.29, 0.717) is 48.2 Å². The van der Waals surface area contributed by atoms with Gasteiger partial charge in [-0.15, -0.1) is 5.10 Å². The van der Waals surface area contributed by atoms with Crippen LogP contribution in [0, 0.1) is 23.7 Å². The molecule has 4 heterocycles. The first-order valence-electron chi connectivity index (χ1n) is 17.4. The SMILES string of the molecule is CC(C)(C)OC(=O)N1CC(CCNc2cccc(SNC(=O)c3ccc(-n4ccc(OCCC(C5CC5)C5CC5)n4)nc3Cl)n2)CC1(C)C. The number of hydrogen-bond donors (Lipinski definition) is 2. The Morgan fingerprint density at radius 1 is 1.08 bits per heavy atom. The maximum atomic E-state index is 13.0. The van der Waals surface area contributed by atoms with E-state index >= 15 is 0 Å². The van der Waals surface area contributed by atoms with Crippen LogP contribution in [0.3, 0.4) is 0 Å². The van der Waals surface area contributed by atoms with Crippen molar-refractivity contribution in [1.29, 1.82) is 0 Å². The summed E-state index contributed by atoms with van der Waals surface area (Å²) in [4.78, 5) is 36.6. The number of aromatic nitrogens is 4. The van der Waals surface area contributed by atoms with Gasteiger partial charge in [0.05, 0.1) is 12.2 Å². The average molecular weight is 710 g/mol. The van der Waals surface area contributed by atoms with E-state index in [4.69, 9.17) is 21.1 Å². The molecule has 0 aromatic carbocycles. The minimum Gasteiger partial charge on any atom is -0.477 e. The van der Waals surface area contributed by atoms with Gasteiger partial charge in [0.2, 0.25) is 5.88 Å². The zero-order valence-corrected chi connectivity index (χ0v) is 30.6. The molecule has 0 bridgehead atoms. The maximum absolute atomic E-state index is 13.0. The van der Waals surface area contributed by atoms with E-state index in [-0.39, 0.29) is 28.3 Å². The summed E-state index contributed by atoms with van der Waals surface area (Å²) in [5.41, 5.74) is -0.533. The van der Waals surface area contributed by atoms with Crippen LogP contribution >= 0.6 is 23.5 Å². The van der Waals surface area contributed by atoms with Gasteiger partial charge in [-0.1, -0.05) is 17.7 Å². The maximum Gasteiger partial charge on any atom is 0.410 e. The van der Waals surface area contributed by atoms with Crippen molar-refractivity contribution in [3.05, 3.63) is 53.3 Å². The number of carbonyl (C=O) groups is 2. The van der Waals surface area contributed by atoms with Crippen molar-refractivity contribution in [2.75, 3.05) is 25.0 Å². The third-order valence-electron chi connectivity index (χ3n) is 9.44. The summed E-state index contributed by atoms with van der Waals surface area (Å²) in [5, 5.41) is 8.59. The Morgan fingerprint density at radius 2 is 1.84 bits per heavy atom. The minimum absolute atomic E-state index is 0.0778. The molecule has 1 atom stereocenters. The summed E-state index contributed by atoms with van der Waals surface area (Å²) in [6.07, 6.45) is 9.88. The van der Waals surface area contributed by atoms with Gasteiger partial charge in [0.25, 0.3) is 5.91 Å². The quantitative estimate of drug-likeness (QED) is 0.128. The fraction of sp³-hybridized carbons (Fsp3) is 0.583. The van der Waals surface area contributed by atoms with Crippen molar-refractivity contribution in [2.24, 2.45) is 23.7 Å². The predicted molar refractivity (Wildman–Crippen MR) is 191 cm³/mol. The Kier molecular flexibility index (Phi) is 10.6. The highest BCUT2D eigenvalue weighted by Gasteiger charge is 2.43. The summed E-state index contributed by atoms with van der Waals surface area (Å²) >= 11 is 7.56. The van der Waals surface area contributed by atoms with Gasteiger partial charge in [-0.05, 0) is 128 Å². The van der Waals surface area contributed by atoms with Gasteiger partial charge in [0.15, 0.2) is 5.82 Å². The van der Waals surface area contributed by atoms with Gasteiger partial charge in [-0.2, -0.15) is 0 Å². The van der Waals surface area contributed by atoms with Crippen LogP contribution in [0.2, 0.25) is 5.15 Å². The van der Waals surface area contributed by atoms with E-state index < -0.39 is 5.60 Å². The molecular weight excluding hydrogens is 662 g/mol. The molecule has 13 heteroatoms. The number of rotatable bonds is 14. The lowest BCUT2D eigenvalue weighted by atomic mass is 9.94. The Hall–Kier alpha value is -3.51. The first kappa shape index (κ1) is 35.3. The number of halogens is 1. The third-order valence-corrected chi connectivity index (χ3v) is 10.5. The number of likely N-dealkylation sites (tertiary alicyclic amines) is 1. The van der Waals surface area contributed by atoms with Crippen LogP contribution in [0.1, 0.15) is 89.9 Å². The summed E-state index contributed by atoms with van der Waals surface area (Å²) in [6, 6.07) is 10.8. The Morgan fingerprint density at radius 3 is 2.53 bits per heavy atom. The molecule has 6 rings (SSSR count). The first-order valence-corrected chi connectivity index (χ1v) is 18.6. The molecule has 2 N–H and O–H groups in total. The second-order valence-electron chi connectivity index (χ2n) is 15.2. The van der Waals surface area contributed by atoms with Gasteiger partial charge < -0.3 is 19.7 Å². The Bertz CT molecular complexity index is 1620. The van der Waals surface area contributed by atoms with E-state index in [0.717, 1.165) is 49.0 Å². The molecule has 1 saturated heterocycles. The smallest absolute Gasteiger partial charge is 0.410 e. The lowest BCUT2D eigenvalue weighted by Crippen LogP contribution is -2.45. The molecule has 3 aromatic rings. The molecule has 0 spiro atoms. The fourth-order valence-electron chi connectivity index (χ4n) is 6.78. The number of carbonyl (C=O) groups excluding carboxylic acids is 2. The number of nitrogens with one attached hydrogen (secondary N) is 2. The van der Waals surface area contributed by atoms with Crippen molar-refractivity contribution in [3.8, 4) is 11.7 Å². The number of ether oxygens (including phenoxy) is 2. The minimum atomic E-state index is -0.524.